The van der Waals surface area contributed by atoms with Crippen molar-refractivity contribution in [3.05, 3.63) is 57.1 Å². The molecule has 3 aromatic heterocycles. The fourth-order valence-electron chi connectivity index (χ4n) is 5.50. The number of aromatic amines is 1. The van der Waals surface area contributed by atoms with Gasteiger partial charge in [-0.2, -0.15) is 0 Å². The lowest BCUT2D eigenvalue weighted by Gasteiger charge is -2.42. The maximum atomic E-state index is 12.5. The van der Waals surface area contributed by atoms with Gasteiger partial charge in [-0.1, -0.05) is 12.1 Å². The van der Waals surface area contributed by atoms with E-state index < -0.39 is 0 Å². The number of rotatable bonds is 4. The van der Waals surface area contributed by atoms with Crippen molar-refractivity contribution in [2.75, 3.05) is 26.2 Å². The van der Waals surface area contributed by atoms with Crippen molar-refractivity contribution in [3.63, 3.8) is 0 Å². The van der Waals surface area contributed by atoms with E-state index in [4.69, 9.17) is 0 Å². The summed E-state index contributed by atoms with van der Waals surface area (Å²) in [5.41, 5.74) is 2.04. The van der Waals surface area contributed by atoms with E-state index in [0.717, 1.165) is 43.5 Å². The van der Waals surface area contributed by atoms with Crippen LogP contribution in [-0.2, 0) is 6.54 Å². The number of aromatic nitrogens is 2. The summed E-state index contributed by atoms with van der Waals surface area (Å²) in [6, 6.07) is 13.7. The molecule has 5 heterocycles. The summed E-state index contributed by atoms with van der Waals surface area (Å²) in [5, 5.41) is 3.60. The smallest absolute Gasteiger partial charge is 0.306 e. The Labute approximate surface area is 189 Å². The number of benzene rings is 1. The number of nitrogens with zero attached hydrogens (tertiary/aromatic N) is 3. The van der Waals surface area contributed by atoms with Crippen molar-refractivity contribution in [2.45, 2.75) is 44.3 Å². The molecule has 31 heavy (non-hydrogen) atoms. The quantitative estimate of drug-likeness (QED) is 0.479. The first-order valence-corrected chi connectivity index (χ1v) is 13.1. The lowest BCUT2D eigenvalue weighted by Crippen LogP contribution is -2.48. The van der Waals surface area contributed by atoms with Crippen molar-refractivity contribution in [1.29, 1.82) is 0 Å². The zero-order valence-corrected chi connectivity index (χ0v) is 19.3. The van der Waals surface area contributed by atoms with Crippen molar-refractivity contribution < 1.29 is 0 Å². The molecule has 0 aliphatic carbocycles. The maximum Gasteiger partial charge on any atom is 0.326 e. The average Bonchev–Trinajstić information content (AvgIpc) is 3.47. The third-order valence-corrected chi connectivity index (χ3v) is 9.33. The Bertz CT molecular complexity index is 1210. The fraction of sp³-hybridized carbons (Fsp3) is 0.458. The molecule has 2 saturated heterocycles. The molecule has 0 bridgehead atoms. The summed E-state index contributed by atoms with van der Waals surface area (Å²) in [6.07, 6.45) is 4.65. The van der Waals surface area contributed by atoms with Crippen LogP contribution < -0.4 is 5.69 Å². The van der Waals surface area contributed by atoms with Gasteiger partial charge in [0.25, 0.3) is 0 Å². The predicted molar refractivity (Wildman–Crippen MR) is 130 cm³/mol. The molecule has 0 atom stereocenters. The number of piperidine rings is 2. The van der Waals surface area contributed by atoms with Crippen LogP contribution in [0.4, 0.5) is 0 Å². The zero-order valence-electron chi connectivity index (χ0n) is 17.6. The number of thiophene rings is 2. The van der Waals surface area contributed by atoms with Crippen LogP contribution >= 0.6 is 22.7 Å². The topological polar surface area (TPSA) is 44.3 Å². The number of hydrogen-bond donors (Lipinski definition) is 1. The predicted octanol–water partition coefficient (Wildman–Crippen LogP) is 4.91. The highest BCUT2D eigenvalue weighted by Gasteiger charge is 2.30. The van der Waals surface area contributed by atoms with E-state index in [1.54, 1.807) is 0 Å². The summed E-state index contributed by atoms with van der Waals surface area (Å²) in [7, 11) is 0. The summed E-state index contributed by atoms with van der Waals surface area (Å²) in [4.78, 5) is 22.4. The van der Waals surface area contributed by atoms with Gasteiger partial charge in [0.15, 0.2) is 0 Å². The lowest BCUT2D eigenvalue weighted by molar-refractivity contribution is 0.0773. The SMILES string of the molecule is O=c1[nH]c2ccccc2n1C1CCN(C2CCN(Cc3cc4ccsc4s3)CC2)CC1. The molecule has 4 aromatic rings. The first-order valence-electron chi connectivity index (χ1n) is 11.4. The highest BCUT2D eigenvalue weighted by atomic mass is 32.2. The molecule has 0 spiro atoms. The van der Waals surface area contributed by atoms with E-state index in [-0.39, 0.29) is 5.69 Å². The molecule has 2 fully saturated rings. The Balaban J connectivity index is 1.04. The summed E-state index contributed by atoms with van der Waals surface area (Å²) in [6.45, 7) is 5.69. The molecular weight excluding hydrogens is 424 g/mol. The van der Waals surface area contributed by atoms with Crippen LogP contribution in [0.25, 0.3) is 20.4 Å². The maximum absolute atomic E-state index is 12.5. The van der Waals surface area contributed by atoms with E-state index in [1.807, 2.05) is 45.4 Å². The van der Waals surface area contributed by atoms with Crippen LogP contribution in [0.15, 0.2) is 46.6 Å². The van der Waals surface area contributed by atoms with Gasteiger partial charge in [0, 0.05) is 55.1 Å². The largest absolute Gasteiger partial charge is 0.326 e. The first-order chi connectivity index (χ1) is 15.2. The van der Waals surface area contributed by atoms with E-state index in [2.05, 4.69) is 38.4 Å². The van der Waals surface area contributed by atoms with Crippen LogP contribution in [0.5, 0.6) is 0 Å². The highest BCUT2D eigenvalue weighted by Crippen LogP contribution is 2.32. The van der Waals surface area contributed by atoms with Gasteiger partial charge >= 0.3 is 5.69 Å². The van der Waals surface area contributed by atoms with Crippen molar-refractivity contribution in [2.24, 2.45) is 0 Å². The van der Waals surface area contributed by atoms with Gasteiger partial charge < -0.3 is 9.88 Å². The standard InChI is InChI=1S/C24H28N4OS2/c29-24-25-21-3-1-2-4-22(21)28(24)19-7-12-27(13-8-19)18-5-10-26(11-6-18)16-20-15-17-9-14-30-23(17)31-20/h1-4,9,14-15,18-19H,5-8,10-13,16H2,(H,25,29). The van der Waals surface area contributed by atoms with Gasteiger partial charge in [0.1, 0.15) is 0 Å². The molecule has 5 nitrogen and oxygen atoms in total. The molecule has 0 amide bonds. The molecule has 1 N–H and O–H groups in total. The van der Waals surface area contributed by atoms with Crippen LogP contribution in [0.2, 0.25) is 0 Å². The number of nitrogens with one attached hydrogen (secondary N) is 1. The summed E-state index contributed by atoms with van der Waals surface area (Å²) < 4.78 is 3.46. The Kier molecular flexibility index (Phi) is 5.22. The molecule has 2 aliphatic heterocycles. The Hall–Kier alpha value is -1.93. The molecule has 0 radical (unpaired) electrons. The van der Waals surface area contributed by atoms with Crippen LogP contribution in [-0.4, -0.2) is 51.6 Å². The number of imidazole rings is 1. The zero-order chi connectivity index (χ0) is 20.8. The molecule has 7 heteroatoms. The Morgan fingerprint density at radius 2 is 1.74 bits per heavy atom. The molecular formula is C24H28N4OS2. The molecule has 0 unspecified atom stereocenters. The van der Waals surface area contributed by atoms with Gasteiger partial charge in [-0.05, 0) is 55.3 Å². The third kappa shape index (κ3) is 3.78. The number of para-hydroxylation sites is 2. The highest BCUT2D eigenvalue weighted by molar-refractivity contribution is 7.37. The van der Waals surface area contributed by atoms with Gasteiger partial charge in [0.05, 0.1) is 15.0 Å². The summed E-state index contributed by atoms with van der Waals surface area (Å²) in [5.74, 6) is 0. The van der Waals surface area contributed by atoms with Crippen molar-refractivity contribution >= 4 is 43.1 Å². The number of fused-ring (bicyclic) bond motifs is 2. The fourth-order valence-corrected chi connectivity index (χ4v) is 7.70. The normalized spacial score (nSPS) is 20.3. The van der Waals surface area contributed by atoms with Crippen molar-refractivity contribution in [1.82, 2.24) is 19.4 Å². The van der Waals surface area contributed by atoms with Crippen LogP contribution in [0.1, 0.15) is 36.6 Å². The second kappa shape index (κ2) is 8.20. The Morgan fingerprint density at radius 3 is 2.55 bits per heavy atom. The monoisotopic (exact) mass is 452 g/mol. The molecule has 6 rings (SSSR count). The second-order valence-electron chi connectivity index (χ2n) is 8.97. The molecule has 1 aromatic carbocycles. The van der Waals surface area contributed by atoms with E-state index in [1.165, 1.54) is 40.2 Å². The number of H-pyrrole nitrogens is 1. The van der Waals surface area contributed by atoms with Crippen molar-refractivity contribution in [3.8, 4) is 0 Å². The minimum atomic E-state index is 0.0430. The van der Waals surface area contributed by atoms with E-state index in [0.29, 0.717) is 12.1 Å². The Morgan fingerprint density at radius 1 is 0.968 bits per heavy atom. The minimum Gasteiger partial charge on any atom is -0.306 e. The van der Waals surface area contributed by atoms with E-state index >= 15 is 0 Å². The third-order valence-electron chi connectivity index (χ3n) is 7.14. The van der Waals surface area contributed by atoms with Gasteiger partial charge in [-0.3, -0.25) is 9.47 Å². The minimum absolute atomic E-state index is 0.0430. The van der Waals surface area contributed by atoms with Crippen LogP contribution in [0.3, 0.4) is 0 Å². The van der Waals surface area contributed by atoms with Gasteiger partial charge in [-0.25, -0.2) is 4.79 Å². The molecule has 0 saturated carbocycles. The second-order valence-corrected chi connectivity index (χ2v) is 11.3. The van der Waals surface area contributed by atoms with Gasteiger partial charge in [-0.15, -0.1) is 22.7 Å². The molecule has 2 aliphatic rings. The number of hydrogen-bond acceptors (Lipinski definition) is 5. The van der Waals surface area contributed by atoms with E-state index in [9.17, 15) is 4.79 Å². The van der Waals surface area contributed by atoms with Gasteiger partial charge in [0.2, 0.25) is 0 Å². The number of likely N-dealkylation sites (tertiary alicyclic amines) is 2. The first kappa shape index (κ1) is 19.7. The van der Waals surface area contributed by atoms with Crippen LogP contribution in [0, 0.1) is 0 Å². The average molecular weight is 453 g/mol. The summed E-state index contributed by atoms with van der Waals surface area (Å²) >= 11 is 3.82. The lowest BCUT2D eigenvalue weighted by atomic mass is 9.97. The molecule has 162 valence electrons.